The molecule has 0 aromatic heterocycles. The average molecular weight is 434 g/mol. The number of carboxylic acid groups (broad SMARTS) is 1. The molecule has 9 heteroatoms. The average Bonchev–Trinajstić information content (AvgIpc) is 3.67. The normalized spacial score (nSPS) is 16.5. The Morgan fingerprint density at radius 2 is 1.13 bits per heavy atom. The Bertz CT molecular complexity index is 959. The number of aliphatic hydroxyl groups excluding tert-OH is 1. The van der Waals surface area contributed by atoms with E-state index in [-0.39, 0.29) is 29.0 Å². The quantitative estimate of drug-likeness (QED) is 0.312. The number of aliphatic hydroxyl groups is 1. The number of phenols is 4. The number of phenolic OH excluding ortho intramolecular Hbond substituents is 4. The zero-order valence-electron chi connectivity index (χ0n) is 17.2. The molecular formula is C22H26O9. The van der Waals surface area contributed by atoms with Gasteiger partial charge in [-0.15, -0.1) is 0 Å². The summed E-state index contributed by atoms with van der Waals surface area (Å²) in [5.41, 5.74) is -0.171. The predicted molar refractivity (Wildman–Crippen MR) is 109 cm³/mol. The molecular weight excluding hydrogens is 408 g/mol. The molecule has 0 aliphatic heterocycles. The lowest BCUT2D eigenvalue weighted by Crippen LogP contribution is -2.21. The van der Waals surface area contributed by atoms with E-state index in [0.29, 0.717) is 24.0 Å². The van der Waals surface area contributed by atoms with Crippen LogP contribution in [0.4, 0.5) is 0 Å². The number of carbonyl (C=O) groups excluding carboxylic acids is 1. The van der Waals surface area contributed by atoms with E-state index in [4.69, 9.17) is 25.2 Å². The van der Waals surface area contributed by atoms with Crippen molar-refractivity contribution in [1.82, 2.24) is 0 Å². The second kappa shape index (κ2) is 9.13. The largest absolute Gasteiger partial charge is 0.504 e. The van der Waals surface area contributed by atoms with E-state index in [0.717, 1.165) is 20.0 Å². The molecule has 2 fully saturated rings. The number of hydrogen-bond donors (Lipinski definition) is 6. The van der Waals surface area contributed by atoms with Crippen molar-refractivity contribution < 1.29 is 45.0 Å². The number of rotatable bonds is 4. The predicted octanol–water partition coefficient (Wildman–Crippen LogP) is 2.12. The summed E-state index contributed by atoms with van der Waals surface area (Å²) in [7, 11) is 2.35. The molecule has 0 bridgehead atoms. The van der Waals surface area contributed by atoms with Crippen molar-refractivity contribution in [3.05, 3.63) is 47.5 Å². The summed E-state index contributed by atoms with van der Waals surface area (Å²) in [5, 5.41) is 52.8. The number of methoxy groups -OCH3 is 1. The minimum absolute atomic E-state index is 0.181. The van der Waals surface area contributed by atoms with Gasteiger partial charge in [0.25, 0.3) is 0 Å². The van der Waals surface area contributed by atoms with Gasteiger partial charge in [0.15, 0.2) is 23.0 Å². The van der Waals surface area contributed by atoms with Crippen LogP contribution in [0.1, 0.15) is 36.8 Å². The lowest BCUT2D eigenvalue weighted by atomic mass is 9.96. The number of benzene rings is 2. The summed E-state index contributed by atoms with van der Waals surface area (Å²) in [6.45, 7) is 0. The smallest absolute Gasteiger partial charge is 0.316 e. The van der Waals surface area contributed by atoms with Crippen molar-refractivity contribution in [2.24, 2.45) is 0 Å². The summed E-state index contributed by atoms with van der Waals surface area (Å²) < 4.78 is 4.72. The van der Waals surface area contributed by atoms with Gasteiger partial charge in [-0.3, -0.25) is 9.59 Å². The third kappa shape index (κ3) is 4.66. The van der Waals surface area contributed by atoms with Crippen LogP contribution < -0.4 is 0 Å². The Labute approximate surface area is 178 Å². The lowest BCUT2D eigenvalue weighted by molar-refractivity contribution is -0.143. The molecule has 0 atom stereocenters. The highest BCUT2D eigenvalue weighted by Gasteiger charge is 2.53. The SMILES string of the molecule is CO.COC(=O)C1(c2ccc(O)c(O)c2)CC1.O=C(O)C1(c2ccc(O)c(O)c2)CC1. The van der Waals surface area contributed by atoms with Crippen LogP contribution in [0.25, 0.3) is 0 Å². The van der Waals surface area contributed by atoms with Gasteiger partial charge in [0.05, 0.1) is 17.9 Å². The van der Waals surface area contributed by atoms with E-state index in [2.05, 4.69) is 0 Å². The molecule has 2 aromatic rings. The van der Waals surface area contributed by atoms with E-state index in [1.165, 1.54) is 37.4 Å². The standard InChI is InChI=1S/C11H12O4.C10H10O4.CH4O/c1-15-10(14)11(4-5-11)7-2-3-8(12)9(13)6-7;11-7-2-1-6(5-8(7)12)10(3-4-10)9(13)14;1-2/h2-3,6,12-13H,4-5H2,1H3;1-2,5,11-12H,3-4H2,(H,13,14);2H,1H3. The maximum atomic E-state index is 11.5. The van der Waals surface area contributed by atoms with Crippen LogP contribution in [0.2, 0.25) is 0 Å². The highest BCUT2D eigenvalue weighted by molar-refractivity contribution is 5.87. The Hall–Kier alpha value is -3.46. The summed E-state index contributed by atoms with van der Waals surface area (Å²) in [6, 6.07) is 8.60. The zero-order valence-corrected chi connectivity index (χ0v) is 17.2. The van der Waals surface area contributed by atoms with Gasteiger partial charge in [0, 0.05) is 7.11 Å². The van der Waals surface area contributed by atoms with E-state index < -0.39 is 16.8 Å². The van der Waals surface area contributed by atoms with Gasteiger partial charge >= 0.3 is 11.9 Å². The minimum atomic E-state index is -0.873. The molecule has 0 saturated heterocycles. The molecule has 0 unspecified atom stereocenters. The number of hydrogen-bond acceptors (Lipinski definition) is 8. The fourth-order valence-corrected chi connectivity index (χ4v) is 3.32. The van der Waals surface area contributed by atoms with Gasteiger partial charge in [0.2, 0.25) is 0 Å². The molecule has 6 N–H and O–H groups in total. The molecule has 2 aliphatic carbocycles. The third-order valence-electron chi connectivity index (χ3n) is 5.54. The van der Waals surface area contributed by atoms with E-state index in [1.54, 1.807) is 6.07 Å². The van der Waals surface area contributed by atoms with Gasteiger partial charge in [-0.2, -0.15) is 0 Å². The Balaban J connectivity index is 0.000000204. The van der Waals surface area contributed by atoms with Gasteiger partial charge in [-0.25, -0.2) is 0 Å². The van der Waals surface area contributed by atoms with Crippen molar-refractivity contribution >= 4 is 11.9 Å². The maximum absolute atomic E-state index is 11.5. The van der Waals surface area contributed by atoms with Gasteiger partial charge in [-0.1, -0.05) is 12.1 Å². The summed E-state index contributed by atoms with van der Waals surface area (Å²) in [4.78, 5) is 22.5. The molecule has 0 radical (unpaired) electrons. The Morgan fingerprint density at radius 1 is 0.742 bits per heavy atom. The van der Waals surface area contributed by atoms with Gasteiger partial charge < -0.3 is 35.4 Å². The molecule has 0 spiro atoms. The molecule has 168 valence electrons. The van der Waals surface area contributed by atoms with Crippen LogP contribution in [0.5, 0.6) is 23.0 Å². The number of esters is 1. The number of carbonyl (C=O) groups is 2. The van der Waals surface area contributed by atoms with Crippen LogP contribution in [-0.4, -0.2) is 56.8 Å². The fraction of sp³-hybridized carbons (Fsp3) is 0.364. The van der Waals surface area contributed by atoms with E-state index >= 15 is 0 Å². The number of carboxylic acids is 1. The topological polar surface area (TPSA) is 165 Å². The van der Waals surface area contributed by atoms with Crippen LogP contribution in [0.15, 0.2) is 36.4 Å². The molecule has 9 nitrogen and oxygen atoms in total. The molecule has 31 heavy (non-hydrogen) atoms. The Kier molecular flexibility index (Phi) is 7.02. The Morgan fingerprint density at radius 3 is 1.42 bits per heavy atom. The van der Waals surface area contributed by atoms with Crippen molar-refractivity contribution in [3.63, 3.8) is 0 Å². The molecule has 2 saturated carbocycles. The number of aliphatic carboxylic acids is 1. The second-order valence-electron chi connectivity index (χ2n) is 7.37. The third-order valence-corrected chi connectivity index (χ3v) is 5.54. The van der Waals surface area contributed by atoms with E-state index in [1.807, 2.05) is 0 Å². The first-order chi connectivity index (χ1) is 14.7. The van der Waals surface area contributed by atoms with Crippen LogP contribution in [-0.2, 0) is 25.2 Å². The maximum Gasteiger partial charge on any atom is 0.316 e. The van der Waals surface area contributed by atoms with Crippen LogP contribution >= 0.6 is 0 Å². The second-order valence-corrected chi connectivity index (χ2v) is 7.37. The van der Waals surface area contributed by atoms with Crippen LogP contribution in [0, 0.1) is 0 Å². The summed E-state index contributed by atoms with van der Waals surface area (Å²) in [5.74, 6) is -2.04. The fourth-order valence-electron chi connectivity index (χ4n) is 3.32. The van der Waals surface area contributed by atoms with Gasteiger partial charge in [0.1, 0.15) is 0 Å². The minimum Gasteiger partial charge on any atom is -0.504 e. The molecule has 2 aromatic carbocycles. The van der Waals surface area contributed by atoms with Crippen molar-refractivity contribution in [3.8, 4) is 23.0 Å². The first-order valence-corrected chi connectivity index (χ1v) is 9.48. The van der Waals surface area contributed by atoms with Crippen LogP contribution in [0.3, 0.4) is 0 Å². The lowest BCUT2D eigenvalue weighted by Gasteiger charge is -2.13. The number of aromatic hydroxyl groups is 4. The monoisotopic (exact) mass is 434 g/mol. The molecule has 0 heterocycles. The highest BCUT2D eigenvalue weighted by Crippen LogP contribution is 2.51. The molecule has 4 rings (SSSR count). The first-order valence-electron chi connectivity index (χ1n) is 9.48. The molecule has 2 aliphatic rings. The number of ether oxygens (including phenoxy) is 1. The van der Waals surface area contributed by atoms with E-state index in [9.17, 15) is 19.8 Å². The summed E-state index contributed by atoms with van der Waals surface area (Å²) in [6.07, 6.45) is 2.63. The van der Waals surface area contributed by atoms with Crippen molar-refractivity contribution in [2.45, 2.75) is 36.5 Å². The van der Waals surface area contributed by atoms with Crippen molar-refractivity contribution in [1.29, 1.82) is 0 Å². The molecule has 0 amide bonds. The van der Waals surface area contributed by atoms with Gasteiger partial charge in [-0.05, 0) is 61.1 Å². The summed E-state index contributed by atoms with van der Waals surface area (Å²) >= 11 is 0. The zero-order chi connectivity index (χ0) is 23.4. The first kappa shape index (κ1) is 23.8. The highest BCUT2D eigenvalue weighted by atomic mass is 16.5. The van der Waals surface area contributed by atoms with Crippen molar-refractivity contribution in [2.75, 3.05) is 14.2 Å².